The van der Waals surface area contributed by atoms with Crippen molar-refractivity contribution in [3.05, 3.63) is 28.2 Å². The van der Waals surface area contributed by atoms with Crippen molar-refractivity contribution in [2.75, 3.05) is 25.6 Å². The Kier molecular flexibility index (Phi) is 4.58. The van der Waals surface area contributed by atoms with E-state index in [4.69, 9.17) is 15.9 Å². The van der Waals surface area contributed by atoms with Gasteiger partial charge in [0.25, 0.3) is 0 Å². The highest BCUT2D eigenvalue weighted by Crippen LogP contribution is 2.20. The molecule has 0 amide bonds. The van der Waals surface area contributed by atoms with Gasteiger partial charge in [0.2, 0.25) is 0 Å². The van der Waals surface area contributed by atoms with E-state index >= 15 is 0 Å². The van der Waals surface area contributed by atoms with Gasteiger partial charge in [-0.25, -0.2) is 0 Å². The number of rotatable bonds is 5. The molecule has 0 atom stereocenters. The number of nitrogen functional groups attached to an aromatic ring is 1. The molecule has 1 aromatic carbocycles. The van der Waals surface area contributed by atoms with Gasteiger partial charge in [-0.3, -0.25) is 5.41 Å². The highest BCUT2D eigenvalue weighted by molar-refractivity contribution is 9.10. The fourth-order valence-electron chi connectivity index (χ4n) is 1.19. The summed E-state index contributed by atoms with van der Waals surface area (Å²) in [4.78, 5) is 0. The molecule has 0 aromatic heterocycles. The van der Waals surface area contributed by atoms with Crippen LogP contribution >= 0.6 is 15.9 Å². The van der Waals surface area contributed by atoms with Crippen molar-refractivity contribution in [2.45, 2.75) is 0 Å². The van der Waals surface area contributed by atoms with Crippen LogP contribution < -0.4 is 11.1 Å². The number of methoxy groups -OCH3 is 1. The highest BCUT2D eigenvalue weighted by Gasteiger charge is 2.04. The molecule has 4 nitrogen and oxygen atoms in total. The number of benzene rings is 1. The summed E-state index contributed by atoms with van der Waals surface area (Å²) < 4.78 is 5.89. The van der Waals surface area contributed by atoms with E-state index < -0.39 is 0 Å². The Hall–Kier alpha value is -1.07. The first-order valence-electron chi connectivity index (χ1n) is 4.52. The maximum atomic E-state index is 7.42. The minimum Gasteiger partial charge on any atom is -0.384 e. The smallest absolute Gasteiger partial charge is 0.124 e. The van der Waals surface area contributed by atoms with Crippen molar-refractivity contribution in [3.63, 3.8) is 0 Å². The predicted molar refractivity (Wildman–Crippen MR) is 65.5 cm³/mol. The van der Waals surface area contributed by atoms with E-state index in [9.17, 15) is 0 Å². The van der Waals surface area contributed by atoms with Crippen LogP contribution in [0.25, 0.3) is 0 Å². The second-order valence-corrected chi connectivity index (χ2v) is 3.94. The molecular formula is C10H14BrN3O. The summed E-state index contributed by atoms with van der Waals surface area (Å²) in [5, 5.41) is 10.6. The van der Waals surface area contributed by atoms with Crippen LogP contribution in [0.2, 0.25) is 0 Å². The average Bonchev–Trinajstić information content (AvgIpc) is 2.18. The second kappa shape index (κ2) is 5.72. The fraction of sp³-hybridized carbons (Fsp3) is 0.300. The molecule has 0 radical (unpaired) electrons. The Bertz CT molecular complexity index is 355. The zero-order chi connectivity index (χ0) is 11.3. The second-order valence-electron chi connectivity index (χ2n) is 3.02. The van der Waals surface area contributed by atoms with Gasteiger partial charge in [-0.05, 0) is 18.2 Å². The van der Waals surface area contributed by atoms with Gasteiger partial charge in [0.15, 0.2) is 0 Å². The molecule has 0 spiro atoms. The van der Waals surface area contributed by atoms with Gasteiger partial charge >= 0.3 is 0 Å². The molecule has 1 aromatic rings. The quantitative estimate of drug-likeness (QED) is 0.435. The van der Waals surface area contributed by atoms with Crippen LogP contribution in [0.15, 0.2) is 22.7 Å². The van der Waals surface area contributed by atoms with Crippen LogP contribution in [0.3, 0.4) is 0 Å². The summed E-state index contributed by atoms with van der Waals surface area (Å²) in [7, 11) is 1.65. The van der Waals surface area contributed by atoms with Gasteiger partial charge < -0.3 is 15.8 Å². The van der Waals surface area contributed by atoms with Crippen molar-refractivity contribution in [2.24, 2.45) is 5.73 Å². The molecular weight excluding hydrogens is 258 g/mol. The van der Waals surface area contributed by atoms with Crippen molar-refractivity contribution >= 4 is 27.5 Å². The molecule has 4 N–H and O–H groups in total. The standard InChI is InChI=1S/C10H14BrN3O/c1-15-5-4-14-9-6-7(11)2-3-8(9)10(12)13/h2-3,6,14H,4-5H2,1H3,(H3,12,13). The van der Waals surface area contributed by atoms with Crippen LogP contribution in [0, 0.1) is 5.41 Å². The van der Waals surface area contributed by atoms with E-state index in [-0.39, 0.29) is 5.84 Å². The SMILES string of the molecule is COCCNc1cc(Br)ccc1C(=N)N. The Morgan fingerprint density at radius 1 is 1.60 bits per heavy atom. The van der Waals surface area contributed by atoms with E-state index in [1.807, 2.05) is 18.2 Å². The molecule has 1 rings (SSSR count). The number of hydrogen-bond donors (Lipinski definition) is 3. The summed E-state index contributed by atoms with van der Waals surface area (Å²) >= 11 is 3.37. The number of nitrogens with two attached hydrogens (primary N) is 1. The van der Waals surface area contributed by atoms with Crippen LogP contribution in [-0.4, -0.2) is 26.1 Å². The molecule has 5 heteroatoms. The molecule has 82 valence electrons. The minimum absolute atomic E-state index is 0.0578. The minimum atomic E-state index is 0.0578. The molecule has 0 aliphatic heterocycles. The van der Waals surface area contributed by atoms with Crippen molar-refractivity contribution in [1.29, 1.82) is 5.41 Å². The van der Waals surface area contributed by atoms with E-state index in [0.717, 1.165) is 10.2 Å². The van der Waals surface area contributed by atoms with Crippen molar-refractivity contribution < 1.29 is 4.74 Å². The number of hydrogen-bond acceptors (Lipinski definition) is 3. The molecule has 0 heterocycles. The lowest BCUT2D eigenvalue weighted by atomic mass is 10.1. The van der Waals surface area contributed by atoms with Gasteiger partial charge in [0, 0.05) is 29.4 Å². The van der Waals surface area contributed by atoms with Gasteiger partial charge in [0.05, 0.1) is 6.61 Å². The maximum Gasteiger partial charge on any atom is 0.124 e. The van der Waals surface area contributed by atoms with Crippen LogP contribution in [0.1, 0.15) is 5.56 Å². The van der Waals surface area contributed by atoms with Crippen LogP contribution in [-0.2, 0) is 4.74 Å². The number of anilines is 1. The first kappa shape index (κ1) is 12.0. The predicted octanol–water partition coefficient (Wildman–Crippen LogP) is 1.79. The highest BCUT2D eigenvalue weighted by atomic mass is 79.9. The zero-order valence-electron chi connectivity index (χ0n) is 8.51. The molecule has 0 fully saturated rings. The summed E-state index contributed by atoms with van der Waals surface area (Å²) in [5.41, 5.74) is 7.01. The summed E-state index contributed by atoms with van der Waals surface area (Å²) in [6.45, 7) is 1.30. The topological polar surface area (TPSA) is 71.1 Å². The summed E-state index contributed by atoms with van der Waals surface area (Å²) in [6, 6.07) is 5.56. The van der Waals surface area contributed by atoms with Gasteiger partial charge in [0.1, 0.15) is 5.84 Å². The lowest BCUT2D eigenvalue weighted by Gasteiger charge is -2.11. The number of halogens is 1. The molecule has 0 aliphatic rings. The lowest BCUT2D eigenvalue weighted by molar-refractivity contribution is 0.211. The molecule has 0 saturated carbocycles. The van der Waals surface area contributed by atoms with E-state index in [1.165, 1.54) is 0 Å². The maximum absolute atomic E-state index is 7.42. The third-order valence-corrected chi connectivity index (χ3v) is 2.39. The fourth-order valence-corrected chi connectivity index (χ4v) is 1.55. The van der Waals surface area contributed by atoms with Crippen molar-refractivity contribution in [1.82, 2.24) is 0 Å². The zero-order valence-corrected chi connectivity index (χ0v) is 10.1. The van der Waals surface area contributed by atoms with E-state index in [1.54, 1.807) is 7.11 Å². The molecule has 0 saturated heterocycles. The molecule has 0 unspecified atom stereocenters. The summed E-state index contributed by atoms with van der Waals surface area (Å²) in [5.74, 6) is 0.0578. The van der Waals surface area contributed by atoms with E-state index in [0.29, 0.717) is 18.7 Å². The Labute approximate surface area is 97.4 Å². The van der Waals surface area contributed by atoms with E-state index in [2.05, 4.69) is 21.2 Å². The lowest BCUT2D eigenvalue weighted by Crippen LogP contribution is -2.16. The summed E-state index contributed by atoms with van der Waals surface area (Å²) in [6.07, 6.45) is 0. The van der Waals surface area contributed by atoms with Gasteiger partial charge in [-0.2, -0.15) is 0 Å². The Morgan fingerprint density at radius 2 is 2.33 bits per heavy atom. The van der Waals surface area contributed by atoms with Crippen LogP contribution in [0.5, 0.6) is 0 Å². The van der Waals surface area contributed by atoms with Gasteiger partial charge in [-0.1, -0.05) is 15.9 Å². The Morgan fingerprint density at radius 3 is 2.93 bits per heavy atom. The number of nitrogens with one attached hydrogen (secondary N) is 2. The molecule has 0 bridgehead atoms. The monoisotopic (exact) mass is 271 g/mol. The first-order valence-corrected chi connectivity index (χ1v) is 5.31. The third-order valence-electron chi connectivity index (χ3n) is 1.89. The number of ether oxygens (including phenoxy) is 1. The van der Waals surface area contributed by atoms with Crippen LogP contribution in [0.4, 0.5) is 5.69 Å². The largest absolute Gasteiger partial charge is 0.384 e. The normalized spacial score (nSPS) is 10.0. The molecule has 0 aliphatic carbocycles. The number of amidine groups is 1. The first-order chi connectivity index (χ1) is 7.15. The average molecular weight is 272 g/mol. The molecule has 15 heavy (non-hydrogen) atoms. The van der Waals surface area contributed by atoms with Crippen molar-refractivity contribution in [3.8, 4) is 0 Å². The third kappa shape index (κ3) is 3.53. The van der Waals surface area contributed by atoms with Gasteiger partial charge in [-0.15, -0.1) is 0 Å². The Balaban J connectivity index is 2.82.